The van der Waals surface area contributed by atoms with Crippen molar-refractivity contribution in [3.63, 3.8) is 0 Å². The summed E-state index contributed by atoms with van der Waals surface area (Å²) in [6.45, 7) is 6.90. The van der Waals surface area contributed by atoms with Crippen molar-refractivity contribution < 1.29 is 4.39 Å². The summed E-state index contributed by atoms with van der Waals surface area (Å²) in [5.41, 5.74) is 1.83. The van der Waals surface area contributed by atoms with Gasteiger partial charge in [-0.25, -0.2) is 9.37 Å². The number of allylic oxidation sites excluding steroid dienone is 1. The van der Waals surface area contributed by atoms with Gasteiger partial charge in [0, 0.05) is 19.3 Å². The van der Waals surface area contributed by atoms with Gasteiger partial charge in [-0.1, -0.05) is 18.2 Å². The standard InChI is InChI=1S/C14H16FN3/c1-3-7-18-10-11(2)17-14(18)16-9-12-5-4-6-13(15)8-12/h3-6,8,10H,1,7,9H2,2H3,(H,16,17). The number of nitrogens with one attached hydrogen (secondary N) is 1. The average molecular weight is 245 g/mol. The minimum atomic E-state index is -0.222. The van der Waals surface area contributed by atoms with Gasteiger partial charge in [-0.15, -0.1) is 6.58 Å². The van der Waals surface area contributed by atoms with E-state index in [9.17, 15) is 4.39 Å². The van der Waals surface area contributed by atoms with Crippen molar-refractivity contribution in [2.75, 3.05) is 5.32 Å². The summed E-state index contributed by atoms with van der Waals surface area (Å²) >= 11 is 0. The number of rotatable bonds is 5. The fourth-order valence-corrected chi connectivity index (χ4v) is 1.79. The van der Waals surface area contributed by atoms with E-state index in [0.29, 0.717) is 13.1 Å². The second-order valence-corrected chi connectivity index (χ2v) is 4.13. The Morgan fingerprint density at radius 3 is 3.06 bits per heavy atom. The molecule has 0 spiro atoms. The molecule has 0 saturated carbocycles. The molecule has 0 aliphatic rings. The maximum absolute atomic E-state index is 13.0. The summed E-state index contributed by atoms with van der Waals surface area (Å²) in [5, 5.41) is 3.20. The van der Waals surface area contributed by atoms with Crippen LogP contribution in [0.3, 0.4) is 0 Å². The highest BCUT2D eigenvalue weighted by Crippen LogP contribution is 2.11. The highest BCUT2D eigenvalue weighted by molar-refractivity contribution is 5.31. The van der Waals surface area contributed by atoms with Crippen LogP contribution in [0.4, 0.5) is 10.3 Å². The molecule has 3 nitrogen and oxygen atoms in total. The second kappa shape index (κ2) is 5.49. The Morgan fingerprint density at radius 1 is 1.50 bits per heavy atom. The first-order valence-electron chi connectivity index (χ1n) is 5.82. The maximum Gasteiger partial charge on any atom is 0.203 e. The lowest BCUT2D eigenvalue weighted by Crippen LogP contribution is -2.06. The number of halogens is 1. The summed E-state index contributed by atoms with van der Waals surface area (Å²) in [7, 11) is 0. The van der Waals surface area contributed by atoms with Gasteiger partial charge in [0.15, 0.2) is 0 Å². The van der Waals surface area contributed by atoms with Crippen LogP contribution in [0.5, 0.6) is 0 Å². The van der Waals surface area contributed by atoms with E-state index in [2.05, 4.69) is 16.9 Å². The van der Waals surface area contributed by atoms with Crippen LogP contribution < -0.4 is 5.32 Å². The molecule has 1 aromatic carbocycles. The highest BCUT2D eigenvalue weighted by Gasteiger charge is 2.04. The Labute approximate surface area is 106 Å². The predicted octanol–water partition coefficient (Wildman–Crippen LogP) is 3.13. The number of imidazole rings is 1. The third-order valence-corrected chi connectivity index (χ3v) is 2.56. The molecule has 18 heavy (non-hydrogen) atoms. The van der Waals surface area contributed by atoms with Gasteiger partial charge in [-0.05, 0) is 24.6 Å². The lowest BCUT2D eigenvalue weighted by molar-refractivity contribution is 0.625. The SMILES string of the molecule is C=CCn1cc(C)nc1NCc1cccc(F)c1. The van der Waals surface area contributed by atoms with Crippen LogP contribution in [0.1, 0.15) is 11.3 Å². The van der Waals surface area contributed by atoms with Gasteiger partial charge in [-0.2, -0.15) is 0 Å². The lowest BCUT2D eigenvalue weighted by atomic mass is 10.2. The van der Waals surface area contributed by atoms with Crippen LogP contribution in [-0.2, 0) is 13.1 Å². The van der Waals surface area contributed by atoms with Gasteiger partial charge in [0.2, 0.25) is 5.95 Å². The van der Waals surface area contributed by atoms with Crippen molar-refractivity contribution in [2.24, 2.45) is 0 Å². The minimum Gasteiger partial charge on any atom is -0.352 e. The molecule has 0 unspecified atom stereocenters. The number of aromatic nitrogens is 2. The van der Waals surface area contributed by atoms with Gasteiger partial charge < -0.3 is 9.88 Å². The van der Waals surface area contributed by atoms with Crippen LogP contribution in [0, 0.1) is 12.7 Å². The third-order valence-electron chi connectivity index (χ3n) is 2.56. The van der Waals surface area contributed by atoms with Crippen LogP contribution in [-0.4, -0.2) is 9.55 Å². The van der Waals surface area contributed by atoms with E-state index in [1.807, 2.05) is 29.8 Å². The smallest absolute Gasteiger partial charge is 0.203 e. The molecule has 2 rings (SSSR count). The summed E-state index contributed by atoms with van der Waals surface area (Å²) in [6.07, 6.45) is 3.77. The number of aryl methyl sites for hydroxylation is 1. The summed E-state index contributed by atoms with van der Waals surface area (Å²) < 4.78 is 15.0. The Bertz CT molecular complexity index is 546. The fourth-order valence-electron chi connectivity index (χ4n) is 1.79. The van der Waals surface area contributed by atoms with Crippen molar-refractivity contribution in [1.29, 1.82) is 0 Å². The quantitative estimate of drug-likeness (QED) is 0.820. The van der Waals surface area contributed by atoms with Crippen molar-refractivity contribution in [3.8, 4) is 0 Å². The summed E-state index contributed by atoms with van der Waals surface area (Å²) in [6, 6.07) is 6.53. The number of hydrogen-bond acceptors (Lipinski definition) is 2. The van der Waals surface area contributed by atoms with Gasteiger partial charge in [-0.3, -0.25) is 0 Å². The van der Waals surface area contributed by atoms with Gasteiger partial charge in [0.1, 0.15) is 5.82 Å². The Balaban J connectivity index is 2.07. The molecule has 1 aromatic heterocycles. The van der Waals surface area contributed by atoms with E-state index < -0.39 is 0 Å². The number of benzene rings is 1. The van der Waals surface area contributed by atoms with Gasteiger partial charge in [0.05, 0.1) is 5.69 Å². The number of nitrogens with zero attached hydrogens (tertiary/aromatic N) is 2. The van der Waals surface area contributed by atoms with Crippen LogP contribution >= 0.6 is 0 Å². The Hall–Kier alpha value is -2.10. The first kappa shape index (κ1) is 12.4. The topological polar surface area (TPSA) is 29.9 Å². The molecule has 0 atom stereocenters. The van der Waals surface area contributed by atoms with E-state index in [1.54, 1.807) is 6.07 Å². The first-order valence-corrected chi connectivity index (χ1v) is 5.82. The fraction of sp³-hybridized carbons (Fsp3) is 0.214. The van der Waals surface area contributed by atoms with Gasteiger partial charge >= 0.3 is 0 Å². The normalized spacial score (nSPS) is 10.3. The molecule has 0 aliphatic carbocycles. The van der Waals surface area contributed by atoms with Crippen molar-refractivity contribution in [1.82, 2.24) is 9.55 Å². The zero-order chi connectivity index (χ0) is 13.0. The van der Waals surface area contributed by atoms with E-state index in [-0.39, 0.29) is 5.82 Å². The summed E-state index contributed by atoms with van der Waals surface area (Å²) in [5.74, 6) is 0.552. The molecule has 0 bridgehead atoms. The summed E-state index contributed by atoms with van der Waals surface area (Å²) in [4.78, 5) is 4.38. The van der Waals surface area contributed by atoms with E-state index in [1.165, 1.54) is 12.1 Å². The molecular formula is C14H16FN3. The zero-order valence-corrected chi connectivity index (χ0v) is 10.4. The Kier molecular flexibility index (Phi) is 3.77. The highest BCUT2D eigenvalue weighted by atomic mass is 19.1. The molecule has 0 radical (unpaired) electrons. The average Bonchev–Trinajstić information content (AvgIpc) is 2.68. The third kappa shape index (κ3) is 2.97. The van der Waals surface area contributed by atoms with Crippen molar-refractivity contribution >= 4 is 5.95 Å². The lowest BCUT2D eigenvalue weighted by Gasteiger charge is -2.08. The predicted molar refractivity (Wildman–Crippen MR) is 70.9 cm³/mol. The Morgan fingerprint density at radius 2 is 2.33 bits per heavy atom. The van der Waals surface area contributed by atoms with Crippen LogP contribution in [0.2, 0.25) is 0 Å². The number of anilines is 1. The molecule has 94 valence electrons. The molecule has 2 aromatic rings. The monoisotopic (exact) mass is 245 g/mol. The molecule has 0 fully saturated rings. The largest absolute Gasteiger partial charge is 0.352 e. The minimum absolute atomic E-state index is 0.222. The van der Waals surface area contributed by atoms with Gasteiger partial charge in [0.25, 0.3) is 0 Å². The molecular weight excluding hydrogens is 229 g/mol. The first-order chi connectivity index (χ1) is 8.69. The molecule has 0 saturated heterocycles. The molecule has 4 heteroatoms. The molecule has 1 heterocycles. The van der Waals surface area contributed by atoms with Crippen molar-refractivity contribution in [3.05, 3.63) is 60.2 Å². The molecule has 0 aliphatic heterocycles. The molecule has 1 N–H and O–H groups in total. The zero-order valence-electron chi connectivity index (χ0n) is 10.4. The molecule has 0 amide bonds. The van der Waals surface area contributed by atoms with Crippen molar-refractivity contribution in [2.45, 2.75) is 20.0 Å². The van der Waals surface area contributed by atoms with E-state index in [4.69, 9.17) is 0 Å². The number of hydrogen-bond donors (Lipinski definition) is 1. The van der Waals surface area contributed by atoms with Crippen LogP contribution in [0.15, 0.2) is 43.1 Å². The maximum atomic E-state index is 13.0. The van der Waals surface area contributed by atoms with E-state index >= 15 is 0 Å². The second-order valence-electron chi connectivity index (χ2n) is 4.13. The van der Waals surface area contributed by atoms with Crippen LogP contribution in [0.25, 0.3) is 0 Å². The van der Waals surface area contributed by atoms with E-state index in [0.717, 1.165) is 17.2 Å².